The molecule has 1 N–H and O–H groups in total. The van der Waals surface area contributed by atoms with Crippen LogP contribution < -0.4 is 5.32 Å². The summed E-state index contributed by atoms with van der Waals surface area (Å²) >= 11 is 2.17. The van der Waals surface area contributed by atoms with Crippen LogP contribution in [0, 0.1) is 0 Å². The molecule has 0 heterocycles. The van der Waals surface area contributed by atoms with E-state index in [-0.39, 0.29) is 0 Å². The molecule has 0 amide bonds. The van der Waals surface area contributed by atoms with Crippen molar-refractivity contribution < 1.29 is 0 Å². The number of rotatable bonds is 6. The van der Waals surface area contributed by atoms with Gasteiger partial charge < -0.3 is 5.32 Å². The molecule has 1 aliphatic rings. The molecular weight excluding hydrogens is 178 g/mol. The summed E-state index contributed by atoms with van der Waals surface area (Å²) < 4.78 is 0. The molecule has 1 fully saturated rings. The lowest BCUT2D eigenvalue weighted by Gasteiger charge is -2.12. The van der Waals surface area contributed by atoms with Crippen LogP contribution in [0.25, 0.3) is 0 Å². The maximum atomic E-state index is 3.54. The molecule has 1 saturated carbocycles. The van der Waals surface area contributed by atoms with Crippen molar-refractivity contribution in [2.75, 3.05) is 12.3 Å². The van der Waals surface area contributed by atoms with Gasteiger partial charge in [0.2, 0.25) is 0 Å². The average molecular weight is 201 g/mol. The van der Waals surface area contributed by atoms with Crippen LogP contribution in [0.1, 0.15) is 46.0 Å². The molecule has 0 aliphatic heterocycles. The van der Waals surface area contributed by atoms with Gasteiger partial charge >= 0.3 is 0 Å². The highest BCUT2D eigenvalue weighted by Crippen LogP contribution is 2.28. The largest absolute Gasteiger partial charge is 0.313 e. The quantitative estimate of drug-likeness (QED) is 0.663. The zero-order valence-electron chi connectivity index (χ0n) is 9.01. The third kappa shape index (κ3) is 4.92. The highest BCUT2D eigenvalue weighted by Gasteiger charge is 2.14. The fourth-order valence-corrected chi connectivity index (χ4v) is 2.97. The van der Waals surface area contributed by atoms with Crippen LogP contribution in [-0.2, 0) is 0 Å². The van der Waals surface area contributed by atoms with Crippen molar-refractivity contribution in [1.82, 2.24) is 5.32 Å². The highest BCUT2D eigenvalue weighted by atomic mass is 32.2. The minimum atomic E-state index is 0.698. The molecule has 1 nitrogen and oxygen atoms in total. The third-order valence-electron chi connectivity index (χ3n) is 2.86. The second-order valence-electron chi connectivity index (χ2n) is 4.04. The van der Waals surface area contributed by atoms with Gasteiger partial charge in [0.05, 0.1) is 0 Å². The fourth-order valence-electron chi connectivity index (χ4n) is 1.73. The monoisotopic (exact) mass is 201 g/mol. The highest BCUT2D eigenvalue weighted by molar-refractivity contribution is 7.99. The number of hydrogen-bond acceptors (Lipinski definition) is 2. The van der Waals surface area contributed by atoms with Gasteiger partial charge in [-0.1, -0.05) is 19.8 Å². The van der Waals surface area contributed by atoms with E-state index in [9.17, 15) is 0 Å². The number of nitrogens with one attached hydrogen (secondary N) is 1. The van der Waals surface area contributed by atoms with E-state index in [0.29, 0.717) is 6.04 Å². The summed E-state index contributed by atoms with van der Waals surface area (Å²) in [6.07, 6.45) is 7.11. The summed E-state index contributed by atoms with van der Waals surface area (Å²) in [5.41, 5.74) is 0. The van der Waals surface area contributed by atoms with Crippen LogP contribution in [0.5, 0.6) is 0 Å². The predicted molar refractivity (Wildman–Crippen MR) is 62.5 cm³/mol. The maximum Gasteiger partial charge on any atom is 0.00609 e. The van der Waals surface area contributed by atoms with Crippen LogP contribution in [0.4, 0.5) is 0 Å². The fraction of sp³-hybridized carbons (Fsp3) is 1.00. The minimum absolute atomic E-state index is 0.698. The topological polar surface area (TPSA) is 12.0 Å². The second-order valence-corrected chi connectivity index (χ2v) is 5.45. The van der Waals surface area contributed by atoms with Crippen molar-refractivity contribution in [1.29, 1.82) is 0 Å². The Morgan fingerprint density at radius 2 is 2.08 bits per heavy atom. The molecule has 0 aromatic rings. The Bertz CT molecular complexity index is 121. The molecule has 0 radical (unpaired) electrons. The van der Waals surface area contributed by atoms with E-state index in [1.165, 1.54) is 44.4 Å². The second kappa shape index (κ2) is 6.72. The van der Waals surface area contributed by atoms with E-state index in [1.54, 1.807) is 0 Å². The average Bonchev–Trinajstić information content (AvgIpc) is 2.64. The summed E-state index contributed by atoms with van der Waals surface area (Å²) in [6.45, 7) is 5.69. The molecule has 1 aliphatic carbocycles. The van der Waals surface area contributed by atoms with E-state index in [4.69, 9.17) is 0 Å². The molecule has 0 aromatic carbocycles. The smallest absolute Gasteiger partial charge is 0.00609 e. The molecule has 0 aromatic heterocycles. The van der Waals surface area contributed by atoms with E-state index in [2.05, 4.69) is 30.9 Å². The van der Waals surface area contributed by atoms with Crippen molar-refractivity contribution in [3.05, 3.63) is 0 Å². The standard InChI is InChI=1S/C11H23NS/c1-3-10(2)12-8-9-13-11-6-4-5-7-11/h10-12H,3-9H2,1-2H3. The first-order valence-corrected chi connectivity index (χ1v) is 6.72. The zero-order chi connectivity index (χ0) is 9.52. The number of hydrogen-bond donors (Lipinski definition) is 1. The molecular formula is C11H23NS. The Kier molecular flexibility index (Phi) is 5.88. The first-order valence-electron chi connectivity index (χ1n) is 5.68. The predicted octanol–water partition coefficient (Wildman–Crippen LogP) is 3.05. The normalized spacial score (nSPS) is 20.8. The number of thioether (sulfide) groups is 1. The first kappa shape index (κ1) is 11.4. The van der Waals surface area contributed by atoms with Crippen molar-refractivity contribution in [3.63, 3.8) is 0 Å². The molecule has 2 heteroatoms. The van der Waals surface area contributed by atoms with Crippen molar-refractivity contribution in [2.45, 2.75) is 57.2 Å². The molecule has 0 saturated heterocycles. The molecule has 1 rings (SSSR count). The maximum absolute atomic E-state index is 3.54. The van der Waals surface area contributed by atoms with Gasteiger partial charge in [-0.2, -0.15) is 11.8 Å². The van der Waals surface area contributed by atoms with E-state index in [1.807, 2.05) is 0 Å². The summed E-state index contributed by atoms with van der Waals surface area (Å²) in [6, 6.07) is 0.698. The lowest BCUT2D eigenvalue weighted by molar-refractivity contribution is 0.555. The zero-order valence-corrected chi connectivity index (χ0v) is 9.83. The van der Waals surface area contributed by atoms with E-state index >= 15 is 0 Å². The van der Waals surface area contributed by atoms with Crippen LogP contribution in [0.15, 0.2) is 0 Å². The molecule has 1 unspecified atom stereocenters. The van der Waals surface area contributed by atoms with Crippen LogP contribution >= 0.6 is 11.8 Å². The van der Waals surface area contributed by atoms with Gasteiger partial charge in [0.15, 0.2) is 0 Å². The van der Waals surface area contributed by atoms with Gasteiger partial charge in [0.25, 0.3) is 0 Å². The Morgan fingerprint density at radius 1 is 1.38 bits per heavy atom. The molecule has 0 spiro atoms. The Balaban J connectivity index is 1.88. The summed E-state index contributed by atoms with van der Waals surface area (Å²) in [7, 11) is 0. The Labute approximate surface area is 87.1 Å². The van der Waals surface area contributed by atoms with E-state index < -0.39 is 0 Å². The van der Waals surface area contributed by atoms with Crippen LogP contribution in [0.3, 0.4) is 0 Å². The molecule has 1 atom stereocenters. The van der Waals surface area contributed by atoms with Crippen LogP contribution in [0.2, 0.25) is 0 Å². The Morgan fingerprint density at radius 3 is 2.69 bits per heavy atom. The Hall–Kier alpha value is 0.310. The van der Waals surface area contributed by atoms with Crippen molar-refractivity contribution in [2.24, 2.45) is 0 Å². The summed E-state index contributed by atoms with van der Waals surface area (Å²) in [5, 5.41) is 4.52. The third-order valence-corrected chi connectivity index (χ3v) is 4.25. The summed E-state index contributed by atoms with van der Waals surface area (Å²) in [5.74, 6) is 1.30. The lowest BCUT2D eigenvalue weighted by atomic mass is 10.3. The van der Waals surface area contributed by atoms with Gasteiger partial charge in [-0.25, -0.2) is 0 Å². The van der Waals surface area contributed by atoms with Gasteiger partial charge in [-0.3, -0.25) is 0 Å². The van der Waals surface area contributed by atoms with Crippen LogP contribution in [-0.4, -0.2) is 23.6 Å². The molecule has 0 bridgehead atoms. The minimum Gasteiger partial charge on any atom is -0.313 e. The lowest BCUT2D eigenvalue weighted by Crippen LogP contribution is -2.27. The summed E-state index contributed by atoms with van der Waals surface area (Å²) in [4.78, 5) is 0. The van der Waals surface area contributed by atoms with Gasteiger partial charge in [0, 0.05) is 23.6 Å². The molecule has 13 heavy (non-hydrogen) atoms. The van der Waals surface area contributed by atoms with Gasteiger partial charge in [0.1, 0.15) is 0 Å². The first-order chi connectivity index (χ1) is 6.33. The van der Waals surface area contributed by atoms with Gasteiger partial charge in [-0.05, 0) is 26.2 Å². The SMILES string of the molecule is CCC(C)NCCSC1CCCC1. The van der Waals surface area contributed by atoms with E-state index in [0.717, 1.165) is 5.25 Å². The van der Waals surface area contributed by atoms with Gasteiger partial charge in [-0.15, -0.1) is 0 Å². The van der Waals surface area contributed by atoms with Crippen molar-refractivity contribution >= 4 is 11.8 Å². The molecule has 78 valence electrons. The van der Waals surface area contributed by atoms with Crippen molar-refractivity contribution in [3.8, 4) is 0 Å².